The number of hydrogen-bond donors (Lipinski definition) is 1. The molecular weight excluding hydrogens is 472 g/mol. The van der Waals surface area contributed by atoms with E-state index in [4.69, 9.17) is 4.74 Å². The second kappa shape index (κ2) is 8.41. The number of Topliss-reactive ketones (excluding diaryl/α,β-unsaturated/α-hetero) is 1. The van der Waals surface area contributed by atoms with Crippen LogP contribution in [0.25, 0.3) is 10.8 Å². The molecule has 0 unspecified atom stereocenters. The van der Waals surface area contributed by atoms with Gasteiger partial charge in [-0.3, -0.25) is 19.4 Å². The number of fused-ring (bicyclic) bond motifs is 2. The first kappa shape index (κ1) is 21.3. The van der Waals surface area contributed by atoms with Gasteiger partial charge in [0.15, 0.2) is 11.4 Å². The number of carbonyl (C=O) groups is 2. The van der Waals surface area contributed by atoms with Crippen LogP contribution in [0.5, 0.6) is 0 Å². The Hall–Kier alpha value is -2.58. The number of ether oxygens (including phenoxy) is 1. The zero-order chi connectivity index (χ0) is 22.3. The lowest BCUT2D eigenvalue weighted by molar-refractivity contribution is -0.136. The van der Waals surface area contributed by atoms with Crippen LogP contribution in [0.2, 0.25) is 0 Å². The molecule has 1 atom stereocenters. The van der Waals surface area contributed by atoms with Crippen LogP contribution in [0, 0.1) is 0 Å². The quantitative estimate of drug-likeness (QED) is 0.547. The molecule has 6 nitrogen and oxygen atoms in total. The summed E-state index contributed by atoms with van der Waals surface area (Å²) in [6, 6.07) is 18.6. The van der Waals surface area contributed by atoms with Gasteiger partial charge in [0.25, 0.3) is 5.91 Å². The van der Waals surface area contributed by atoms with E-state index in [9.17, 15) is 14.7 Å². The van der Waals surface area contributed by atoms with Gasteiger partial charge in [-0.25, -0.2) is 0 Å². The number of halogens is 1. The molecule has 1 saturated heterocycles. The van der Waals surface area contributed by atoms with Crippen LogP contribution in [0.4, 0.5) is 5.69 Å². The van der Waals surface area contributed by atoms with Gasteiger partial charge in [-0.2, -0.15) is 0 Å². The highest BCUT2D eigenvalue weighted by Gasteiger charge is 2.51. The Morgan fingerprint density at radius 2 is 1.78 bits per heavy atom. The lowest BCUT2D eigenvalue weighted by atomic mass is 9.88. The van der Waals surface area contributed by atoms with E-state index in [-0.39, 0.29) is 12.2 Å². The van der Waals surface area contributed by atoms with Crippen molar-refractivity contribution in [2.75, 3.05) is 37.9 Å². The predicted molar refractivity (Wildman–Crippen MR) is 126 cm³/mol. The minimum Gasteiger partial charge on any atom is -0.379 e. The smallest absolute Gasteiger partial charge is 0.265 e. The summed E-state index contributed by atoms with van der Waals surface area (Å²) in [5.41, 5.74) is -0.334. The summed E-state index contributed by atoms with van der Waals surface area (Å²) in [7, 11) is 0. The van der Waals surface area contributed by atoms with E-state index in [1.165, 1.54) is 0 Å². The fraction of sp³-hybridized carbons (Fsp3) is 0.280. The van der Waals surface area contributed by atoms with Gasteiger partial charge in [0.2, 0.25) is 0 Å². The van der Waals surface area contributed by atoms with E-state index in [0.717, 1.165) is 15.2 Å². The Morgan fingerprint density at radius 1 is 1.03 bits per heavy atom. The standard InChI is InChI=1S/C25H23BrN2O4/c26-20-7-8-22-21(14-20)25(31,24(30)28(22)16-27-9-11-32-12-10-27)15-23(29)19-6-5-17-3-1-2-4-18(17)13-19/h1-8,13-14,31H,9-12,15-16H2/t25-/m0/s1. The Morgan fingerprint density at radius 3 is 2.56 bits per heavy atom. The normalized spacial score (nSPS) is 21.2. The lowest BCUT2D eigenvalue weighted by Gasteiger charge is -2.31. The molecule has 2 aliphatic heterocycles. The summed E-state index contributed by atoms with van der Waals surface area (Å²) >= 11 is 3.44. The third-order valence-electron chi connectivity index (χ3n) is 6.23. The first-order valence-corrected chi connectivity index (χ1v) is 11.4. The molecule has 1 N–H and O–H groups in total. The molecule has 0 bridgehead atoms. The van der Waals surface area contributed by atoms with E-state index in [1.807, 2.05) is 48.5 Å². The van der Waals surface area contributed by atoms with Crippen molar-refractivity contribution in [1.29, 1.82) is 0 Å². The minimum absolute atomic E-state index is 0.272. The van der Waals surface area contributed by atoms with E-state index in [0.29, 0.717) is 49.8 Å². The molecule has 2 aliphatic rings. The van der Waals surface area contributed by atoms with Crippen molar-refractivity contribution in [2.24, 2.45) is 0 Å². The summed E-state index contributed by atoms with van der Waals surface area (Å²) in [5.74, 6) is -0.739. The molecule has 1 fully saturated rings. The number of carbonyl (C=O) groups excluding carboxylic acids is 2. The van der Waals surface area contributed by atoms with Crippen LogP contribution in [0.1, 0.15) is 22.3 Å². The van der Waals surface area contributed by atoms with Crippen molar-refractivity contribution in [3.8, 4) is 0 Å². The topological polar surface area (TPSA) is 70.1 Å². The molecule has 0 saturated carbocycles. The summed E-state index contributed by atoms with van der Waals surface area (Å²) in [6.07, 6.45) is -0.312. The third-order valence-corrected chi connectivity index (χ3v) is 6.72. The zero-order valence-corrected chi connectivity index (χ0v) is 19.0. The zero-order valence-electron chi connectivity index (χ0n) is 17.5. The van der Waals surface area contributed by atoms with Crippen molar-refractivity contribution in [1.82, 2.24) is 4.90 Å². The number of aliphatic hydroxyl groups is 1. The van der Waals surface area contributed by atoms with Crippen molar-refractivity contribution in [3.63, 3.8) is 0 Å². The summed E-state index contributed by atoms with van der Waals surface area (Å²) in [6.45, 7) is 3.00. The van der Waals surface area contributed by atoms with Crippen molar-refractivity contribution >= 4 is 44.1 Å². The fourth-order valence-electron chi connectivity index (χ4n) is 4.47. The molecule has 2 heterocycles. The maximum Gasteiger partial charge on any atom is 0.265 e. The molecule has 0 aromatic heterocycles. The van der Waals surface area contributed by atoms with Crippen LogP contribution in [0.15, 0.2) is 65.1 Å². The highest BCUT2D eigenvalue weighted by atomic mass is 79.9. The second-order valence-corrected chi connectivity index (χ2v) is 9.20. The summed E-state index contributed by atoms with van der Waals surface area (Å²) in [5, 5.41) is 13.6. The number of rotatable bonds is 5. The molecule has 5 rings (SSSR count). The number of morpholine rings is 1. The van der Waals surface area contributed by atoms with Crippen LogP contribution in [-0.4, -0.2) is 54.7 Å². The maximum absolute atomic E-state index is 13.5. The number of anilines is 1. The molecule has 3 aromatic carbocycles. The predicted octanol–water partition coefficient (Wildman–Crippen LogP) is 3.70. The highest BCUT2D eigenvalue weighted by Crippen LogP contribution is 2.44. The van der Waals surface area contributed by atoms with Gasteiger partial charge < -0.3 is 9.84 Å². The van der Waals surface area contributed by atoms with Crippen LogP contribution >= 0.6 is 15.9 Å². The van der Waals surface area contributed by atoms with Crippen LogP contribution in [0.3, 0.4) is 0 Å². The maximum atomic E-state index is 13.5. The summed E-state index contributed by atoms with van der Waals surface area (Å²) < 4.78 is 6.15. The Kier molecular flexibility index (Phi) is 5.59. The number of benzene rings is 3. The SMILES string of the molecule is O=C(C[C@@]1(O)C(=O)N(CN2CCOCC2)c2ccc(Br)cc21)c1ccc2ccccc2c1. The second-order valence-electron chi connectivity index (χ2n) is 8.29. The van der Waals surface area contributed by atoms with E-state index >= 15 is 0 Å². The van der Waals surface area contributed by atoms with Gasteiger partial charge in [0.05, 0.1) is 32.0 Å². The molecule has 0 radical (unpaired) electrons. The fourth-order valence-corrected chi connectivity index (χ4v) is 4.83. The van der Waals surface area contributed by atoms with Gasteiger partial charge in [-0.05, 0) is 35.0 Å². The highest BCUT2D eigenvalue weighted by molar-refractivity contribution is 9.10. The van der Waals surface area contributed by atoms with Gasteiger partial charge >= 0.3 is 0 Å². The molecule has 1 amide bonds. The van der Waals surface area contributed by atoms with Gasteiger partial charge in [-0.15, -0.1) is 0 Å². The minimum atomic E-state index is -1.91. The van der Waals surface area contributed by atoms with E-state index in [2.05, 4.69) is 20.8 Å². The number of ketones is 1. The Labute approximate surface area is 194 Å². The molecule has 7 heteroatoms. The summed E-state index contributed by atoms with van der Waals surface area (Å²) in [4.78, 5) is 30.4. The average molecular weight is 495 g/mol. The Balaban J connectivity index is 1.47. The number of amides is 1. The van der Waals surface area contributed by atoms with Gasteiger partial charge in [0.1, 0.15) is 0 Å². The number of nitrogens with zero attached hydrogens (tertiary/aromatic N) is 2. The lowest BCUT2D eigenvalue weighted by Crippen LogP contribution is -2.49. The first-order chi connectivity index (χ1) is 15.5. The molecular formula is C25H23BrN2O4. The molecule has 164 valence electrons. The van der Waals surface area contributed by atoms with Crippen molar-refractivity contribution in [3.05, 3.63) is 76.3 Å². The van der Waals surface area contributed by atoms with Crippen molar-refractivity contribution in [2.45, 2.75) is 12.0 Å². The molecule has 3 aromatic rings. The largest absolute Gasteiger partial charge is 0.379 e. The molecule has 0 spiro atoms. The van der Waals surface area contributed by atoms with Crippen LogP contribution in [-0.2, 0) is 15.1 Å². The third kappa shape index (κ3) is 3.75. The van der Waals surface area contributed by atoms with Gasteiger partial charge in [-0.1, -0.05) is 52.3 Å². The van der Waals surface area contributed by atoms with Crippen LogP contribution < -0.4 is 4.90 Å². The number of hydrogen-bond acceptors (Lipinski definition) is 5. The molecule has 0 aliphatic carbocycles. The Bertz CT molecular complexity index is 1210. The average Bonchev–Trinajstić information content (AvgIpc) is 3.00. The van der Waals surface area contributed by atoms with E-state index < -0.39 is 11.5 Å². The molecule has 32 heavy (non-hydrogen) atoms. The monoisotopic (exact) mass is 494 g/mol. The van der Waals surface area contributed by atoms with Gasteiger partial charge in [0, 0.05) is 28.7 Å². The van der Waals surface area contributed by atoms with E-state index in [1.54, 1.807) is 17.0 Å². The first-order valence-electron chi connectivity index (χ1n) is 10.6. The van der Waals surface area contributed by atoms with Crippen molar-refractivity contribution < 1.29 is 19.4 Å².